The summed E-state index contributed by atoms with van der Waals surface area (Å²) in [4.78, 5) is 9.35. The predicted molar refractivity (Wildman–Crippen MR) is 92.6 cm³/mol. The number of hydrogen-bond donors (Lipinski definition) is 1. The van der Waals surface area contributed by atoms with Gasteiger partial charge in [0, 0.05) is 12.1 Å². The Labute approximate surface area is 140 Å². The number of rotatable bonds is 3. The van der Waals surface area contributed by atoms with Crippen molar-refractivity contribution in [1.82, 2.24) is 15.3 Å². The number of hydrogen-bond acceptors (Lipinski definition) is 5. The molecule has 5 nitrogen and oxygen atoms in total. The number of nitrogens with zero attached hydrogens (tertiary/aromatic N) is 2. The molecule has 24 heavy (non-hydrogen) atoms. The molecule has 4 rings (SSSR count). The second-order valence-electron chi connectivity index (χ2n) is 5.79. The molecule has 1 unspecified atom stereocenters. The van der Waals surface area contributed by atoms with Gasteiger partial charge < -0.3 is 14.8 Å². The van der Waals surface area contributed by atoms with Crippen molar-refractivity contribution >= 4 is 11.0 Å². The molecule has 5 heteroatoms. The van der Waals surface area contributed by atoms with Crippen molar-refractivity contribution < 1.29 is 9.47 Å². The van der Waals surface area contributed by atoms with Crippen LogP contribution in [0.15, 0.2) is 42.6 Å². The Kier molecular flexibility index (Phi) is 3.78. The molecule has 0 fully saturated rings. The lowest BCUT2D eigenvalue weighted by Crippen LogP contribution is -2.31. The van der Waals surface area contributed by atoms with Crippen LogP contribution >= 0.6 is 0 Å². The van der Waals surface area contributed by atoms with Gasteiger partial charge >= 0.3 is 0 Å². The van der Waals surface area contributed by atoms with Crippen LogP contribution in [0.5, 0.6) is 11.5 Å². The Morgan fingerprint density at radius 2 is 1.88 bits per heavy atom. The molecule has 2 aromatic carbocycles. The van der Waals surface area contributed by atoms with E-state index in [1.807, 2.05) is 36.5 Å². The minimum absolute atomic E-state index is 0.00524. The molecule has 0 radical (unpaired) electrons. The van der Waals surface area contributed by atoms with E-state index in [4.69, 9.17) is 14.5 Å². The van der Waals surface area contributed by atoms with Crippen molar-refractivity contribution in [2.45, 2.75) is 12.5 Å². The van der Waals surface area contributed by atoms with Gasteiger partial charge in [0.15, 0.2) is 11.5 Å². The van der Waals surface area contributed by atoms with E-state index in [0.29, 0.717) is 0 Å². The molecule has 0 spiro atoms. The summed E-state index contributed by atoms with van der Waals surface area (Å²) in [5.41, 5.74) is 5.08. The number of benzene rings is 2. The fourth-order valence-corrected chi connectivity index (χ4v) is 3.36. The molecule has 0 bridgehead atoms. The summed E-state index contributed by atoms with van der Waals surface area (Å²) < 4.78 is 11.0. The van der Waals surface area contributed by atoms with E-state index < -0.39 is 0 Å². The summed E-state index contributed by atoms with van der Waals surface area (Å²) in [6, 6.07) is 12.0. The van der Waals surface area contributed by atoms with Crippen LogP contribution < -0.4 is 14.8 Å². The fourth-order valence-electron chi connectivity index (χ4n) is 3.36. The van der Waals surface area contributed by atoms with Gasteiger partial charge in [0.1, 0.15) is 0 Å². The van der Waals surface area contributed by atoms with Gasteiger partial charge in [-0.15, -0.1) is 0 Å². The normalized spacial score (nSPS) is 16.7. The van der Waals surface area contributed by atoms with Gasteiger partial charge in [-0.05, 0) is 30.2 Å². The third-order valence-corrected chi connectivity index (χ3v) is 4.48. The van der Waals surface area contributed by atoms with Crippen LogP contribution in [-0.2, 0) is 6.42 Å². The Hall–Kier alpha value is -2.66. The molecule has 0 amide bonds. The van der Waals surface area contributed by atoms with E-state index in [0.717, 1.165) is 41.2 Å². The Balaban J connectivity index is 1.83. The van der Waals surface area contributed by atoms with Crippen molar-refractivity contribution in [3.63, 3.8) is 0 Å². The van der Waals surface area contributed by atoms with Crippen LogP contribution in [0.2, 0.25) is 0 Å². The van der Waals surface area contributed by atoms with Crippen LogP contribution in [0.25, 0.3) is 11.0 Å². The van der Waals surface area contributed by atoms with Crippen LogP contribution in [0.4, 0.5) is 0 Å². The van der Waals surface area contributed by atoms with E-state index in [9.17, 15) is 0 Å². The molecule has 3 aromatic rings. The van der Waals surface area contributed by atoms with Gasteiger partial charge in [-0.1, -0.05) is 18.2 Å². The van der Waals surface area contributed by atoms with Crippen molar-refractivity contribution in [3.8, 4) is 11.5 Å². The number of nitrogens with one attached hydrogen (secondary N) is 1. The highest BCUT2D eigenvalue weighted by Crippen LogP contribution is 2.39. The molecule has 122 valence electrons. The topological polar surface area (TPSA) is 56.3 Å². The highest BCUT2D eigenvalue weighted by Gasteiger charge is 2.27. The minimum atomic E-state index is 0.00524. The van der Waals surface area contributed by atoms with E-state index >= 15 is 0 Å². The zero-order valence-electron chi connectivity index (χ0n) is 13.7. The first kappa shape index (κ1) is 14.9. The van der Waals surface area contributed by atoms with E-state index in [1.54, 1.807) is 14.2 Å². The van der Waals surface area contributed by atoms with Crippen molar-refractivity contribution in [2.75, 3.05) is 20.8 Å². The molecule has 1 aliphatic heterocycles. The maximum atomic E-state index is 5.60. The van der Waals surface area contributed by atoms with Gasteiger partial charge in [-0.25, -0.2) is 4.98 Å². The highest BCUT2D eigenvalue weighted by molar-refractivity contribution is 5.73. The molecular formula is C19H19N3O2. The maximum absolute atomic E-state index is 5.60. The smallest absolute Gasteiger partial charge is 0.164 e. The van der Waals surface area contributed by atoms with Gasteiger partial charge in [0.25, 0.3) is 0 Å². The summed E-state index contributed by atoms with van der Waals surface area (Å²) in [6.07, 6.45) is 2.75. The number of fused-ring (bicyclic) bond motifs is 2. The van der Waals surface area contributed by atoms with Gasteiger partial charge in [-0.2, -0.15) is 0 Å². The second-order valence-corrected chi connectivity index (χ2v) is 5.79. The standard InChI is InChI=1S/C19H19N3O2/c1-23-17-8-7-12-13(19(17)24-2)9-10-20-18(12)16-11-21-14-5-3-4-6-15(14)22-16/h3-8,11,18,20H,9-10H2,1-2H3. The average Bonchev–Trinajstić information content (AvgIpc) is 2.66. The SMILES string of the molecule is COc1ccc2c(c1OC)CCNC2c1cnc2ccccc2n1. The van der Waals surface area contributed by atoms with Crippen LogP contribution in [0.1, 0.15) is 22.9 Å². The maximum Gasteiger partial charge on any atom is 0.164 e. The molecule has 1 aliphatic rings. The first-order valence-electron chi connectivity index (χ1n) is 8.00. The van der Waals surface area contributed by atoms with Gasteiger partial charge in [0.05, 0.1) is 43.2 Å². The number of ether oxygens (including phenoxy) is 2. The van der Waals surface area contributed by atoms with Crippen molar-refractivity contribution in [3.05, 3.63) is 59.4 Å². The summed E-state index contributed by atoms with van der Waals surface area (Å²) in [6.45, 7) is 0.857. The third-order valence-electron chi connectivity index (χ3n) is 4.48. The highest BCUT2D eigenvalue weighted by atomic mass is 16.5. The van der Waals surface area contributed by atoms with Crippen LogP contribution in [0.3, 0.4) is 0 Å². The quantitative estimate of drug-likeness (QED) is 0.804. The lowest BCUT2D eigenvalue weighted by Gasteiger charge is -2.28. The monoisotopic (exact) mass is 321 g/mol. The summed E-state index contributed by atoms with van der Waals surface area (Å²) >= 11 is 0. The average molecular weight is 321 g/mol. The summed E-state index contributed by atoms with van der Waals surface area (Å²) in [5.74, 6) is 1.58. The first-order chi connectivity index (χ1) is 11.8. The second kappa shape index (κ2) is 6.09. The number of methoxy groups -OCH3 is 2. The van der Waals surface area contributed by atoms with Crippen molar-refractivity contribution in [2.24, 2.45) is 0 Å². The molecule has 2 heterocycles. The molecule has 1 atom stereocenters. The Morgan fingerprint density at radius 1 is 1.04 bits per heavy atom. The van der Waals surface area contributed by atoms with Crippen LogP contribution in [0, 0.1) is 0 Å². The van der Waals surface area contributed by atoms with Crippen molar-refractivity contribution in [1.29, 1.82) is 0 Å². The van der Waals surface area contributed by atoms with Gasteiger partial charge in [-0.3, -0.25) is 4.98 Å². The molecule has 0 saturated carbocycles. The third kappa shape index (κ3) is 2.37. The number of aromatic nitrogens is 2. The van der Waals surface area contributed by atoms with Crippen LogP contribution in [-0.4, -0.2) is 30.7 Å². The first-order valence-corrected chi connectivity index (χ1v) is 8.00. The molecular weight excluding hydrogens is 302 g/mol. The Bertz CT molecular complexity index is 895. The Morgan fingerprint density at radius 3 is 2.67 bits per heavy atom. The van der Waals surface area contributed by atoms with E-state index in [1.165, 1.54) is 11.1 Å². The van der Waals surface area contributed by atoms with E-state index in [2.05, 4.69) is 16.4 Å². The molecule has 0 saturated heterocycles. The largest absolute Gasteiger partial charge is 0.493 e. The summed E-state index contributed by atoms with van der Waals surface area (Å²) in [7, 11) is 3.35. The molecule has 1 N–H and O–H groups in total. The molecule has 0 aliphatic carbocycles. The molecule has 1 aromatic heterocycles. The predicted octanol–water partition coefficient (Wildman–Crippen LogP) is 2.88. The zero-order valence-corrected chi connectivity index (χ0v) is 13.7. The lowest BCUT2D eigenvalue weighted by atomic mass is 9.91. The zero-order chi connectivity index (χ0) is 16.5. The summed E-state index contributed by atoms with van der Waals surface area (Å²) in [5, 5.41) is 3.55. The van der Waals surface area contributed by atoms with E-state index in [-0.39, 0.29) is 6.04 Å². The number of para-hydroxylation sites is 2. The van der Waals surface area contributed by atoms with Gasteiger partial charge in [0.2, 0.25) is 0 Å². The fraction of sp³-hybridized carbons (Fsp3) is 0.263. The lowest BCUT2D eigenvalue weighted by molar-refractivity contribution is 0.348. The minimum Gasteiger partial charge on any atom is -0.493 e.